The van der Waals surface area contributed by atoms with Crippen molar-refractivity contribution in [2.75, 3.05) is 17.3 Å². The summed E-state index contributed by atoms with van der Waals surface area (Å²) in [6.45, 7) is 0.970. The van der Waals surface area contributed by atoms with Gasteiger partial charge in [-0.1, -0.05) is 60.7 Å². The molecule has 0 heterocycles. The maximum Gasteiger partial charge on any atom is 0.0561 e. The average molecular weight is 329 g/mol. The van der Waals surface area contributed by atoms with Gasteiger partial charge in [-0.05, 0) is 48.2 Å². The van der Waals surface area contributed by atoms with Crippen LogP contribution in [-0.4, -0.2) is 12.8 Å². The van der Waals surface area contributed by atoms with E-state index in [4.69, 9.17) is 0 Å². The Kier molecular flexibility index (Phi) is 6.23. The lowest BCUT2D eigenvalue weighted by Crippen LogP contribution is -2.03. The van der Waals surface area contributed by atoms with Gasteiger partial charge in [0.1, 0.15) is 0 Å². The highest BCUT2D eigenvalue weighted by atomic mass is 15.3. The molecule has 0 bridgehead atoms. The van der Waals surface area contributed by atoms with Crippen LogP contribution in [0.15, 0.2) is 90.0 Å². The van der Waals surface area contributed by atoms with Gasteiger partial charge in [0.05, 0.1) is 11.9 Å². The molecule has 0 amide bonds. The van der Waals surface area contributed by atoms with Crippen molar-refractivity contribution in [2.45, 2.75) is 12.8 Å². The van der Waals surface area contributed by atoms with Gasteiger partial charge >= 0.3 is 0 Å². The SMILES string of the molecule is C(=NNc1ccccc1)c1ccc(NCCCc2ccccc2)cc1. The second-order valence-electron chi connectivity index (χ2n) is 5.87. The molecule has 0 atom stereocenters. The first-order chi connectivity index (χ1) is 12.4. The highest BCUT2D eigenvalue weighted by Gasteiger charge is 1.95. The molecule has 0 saturated carbocycles. The molecule has 3 rings (SSSR count). The van der Waals surface area contributed by atoms with E-state index in [2.05, 4.69) is 70.4 Å². The second-order valence-corrected chi connectivity index (χ2v) is 5.87. The Morgan fingerprint density at radius 3 is 2.12 bits per heavy atom. The normalized spacial score (nSPS) is 10.7. The summed E-state index contributed by atoms with van der Waals surface area (Å²) in [7, 11) is 0. The standard InChI is InChI=1S/C22H23N3/c1-3-8-19(9-4-1)10-7-17-23-21-15-13-20(14-16-21)18-24-25-22-11-5-2-6-12-22/h1-6,8-9,11-16,18,23,25H,7,10,17H2. The molecular formula is C22H23N3. The van der Waals surface area contributed by atoms with Crippen LogP contribution in [-0.2, 0) is 6.42 Å². The summed E-state index contributed by atoms with van der Waals surface area (Å²) >= 11 is 0. The van der Waals surface area contributed by atoms with Crippen LogP contribution in [0.5, 0.6) is 0 Å². The predicted octanol–water partition coefficient (Wildman–Crippen LogP) is 5.18. The first kappa shape index (κ1) is 16.8. The number of hydrogen-bond acceptors (Lipinski definition) is 3. The number of rotatable bonds is 8. The summed E-state index contributed by atoms with van der Waals surface area (Å²) in [5.74, 6) is 0. The third kappa shape index (κ3) is 5.81. The highest BCUT2D eigenvalue weighted by Crippen LogP contribution is 2.10. The van der Waals surface area contributed by atoms with Crippen molar-refractivity contribution in [3.8, 4) is 0 Å². The molecule has 0 radical (unpaired) electrons. The Balaban J connectivity index is 1.41. The van der Waals surface area contributed by atoms with E-state index < -0.39 is 0 Å². The lowest BCUT2D eigenvalue weighted by atomic mass is 10.1. The molecular weight excluding hydrogens is 306 g/mol. The molecule has 0 aliphatic rings. The molecule has 0 aromatic heterocycles. The molecule has 3 aromatic rings. The van der Waals surface area contributed by atoms with E-state index in [1.165, 1.54) is 5.56 Å². The van der Waals surface area contributed by atoms with E-state index in [1.807, 2.05) is 36.5 Å². The van der Waals surface area contributed by atoms with Crippen LogP contribution in [0.4, 0.5) is 11.4 Å². The predicted molar refractivity (Wildman–Crippen MR) is 107 cm³/mol. The Morgan fingerprint density at radius 2 is 1.40 bits per heavy atom. The molecule has 0 fully saturated rings. The topological polar surface area (TPSA) is 36.4 Å². The van der Waals surface area contributed by atoms with Gasteiger partial charge in [-0.3, -0.25) is 5.43 Å². The fourth-order valence-electron chi connectivity index (χ4n) is 2.55. The first-order valence-corrected chi connectivity index (χ1v) is 8.62. The van der Waals surface area contributed by atoms with Crippen LogP contribution in [0.25, 0.3) is 0 Å². The van der Waals surface area contributed by atoms with Crippen LogP contribution in [0, 0.1) is 0 Å². The van der Waals surface area contributed by atoms with Crippen molar-refractivity contribution < 1.29 is 0 Å². The maximum absolute atomic E-state index is 4.26. The highest BCUT2D eigenvalue weighted by molar-refractivity contribution is 5.80. The van der Waals surface area contributed by atoms with Crippen LogP contribution in [0.3, 0.4) is 0 Å². The van der Waals surface area contributed by atoms with E-state index in [-0.39, 0.29) is 0 Å². The fraction of sp³-hybridized carbons (Fsp3) is 0.136. The van der Waals surface area contributed by atoms with E-state index in [1.54, 1.807) is 0 Å². The molecule has 3 heteroatoms. The first-order valence-electron chi connectivity index (χ1n) is 8.62. The summed E-state index contributed by atoms with van der Waals surface area (Å²) in [5.41, 5.74) is 7.60. The summed E-state index contributed by atoms with van der Waals surface area (Å²) in [6, 6.07) is 28.8. The molecule has 25 heavy (non-hydrogen) atoms. The number of nitrogens with one attached hydrogen (secondary N) is 2. The number of aryl methyl sites for hydroxylation is 1. The van der Waals surface area contributed by atoms with E-state index >= 15 is 0 Å². The largest absolute Gasteiger partial charge is 0.385 e. The summed E-state index contributed by atoms with van der Waals surface area (Å²) < 4.78 is 0. The zero-order chi connectivity index (χ0) is 17.2. The van der Waals surface area contributed by atoms with Crippen molar-refractivity contribution in [1.29, 1.82) is 0 Å². The van der Waals surface area contributed by atoms with Crippen LogP contribution in [0.1, 0.15) is 17.5 Å². The van der Waals surface area contributed by atoms with Gasteiger partial charge in [-0.15, -0.1) is 0 Å². The average Bonchev–Trinajstić information content (AvgIpc) is 2.68. The molecule has 3 aromatic carbocycles. The summed E-state index contributed by atoms with van der Waals surface area (Å²) in [4.78, 5) is 0. The molecule has 0 unspecified atom stereocenters. The van der Waals surface area contributed by atoms with Crippen LogP contribution >= 0.6 is 0 Å². The van der Waals surface area contributed by atoms with Gasteiger partial charge in [-0.25, -0.2) is 0 Å². The van der Waals surface area contributed by atoms with Crippen molar-refractivity contribution in [1.82, 2.24) is 0 Å². The quantitative estimate of drug-likeness (QED) is 0.339. The van der Waals surface area contributed by atoms with Gasteiger partial charge < -0.3 is 5.32 Å². The number of anilines is 2. The smallest absolute Gasteiger partial charge is 0.0561 e. The van der Waals surface area contributed by atoms with Crippen LogP contribution < -0.4 is 10.7 Å². The molecule has 0 aliphatic heterocycles. The third-order valence-corrected chi connectivity index (χ3v) is 3.91. The van der Waals surface area contributed by atoms with E-state index in [9.17, 15) is 0 Å². The zero-order valence-corrected chi connectivity index (χ0v) is 14.2. The van der Waals surface area contributed by atoms with Crippen molar-refractivity contribution in [3.05, 3.63) is 96.1 Å². The molecule has 2 N–H and O–H groups in total. The summed E-state index contributed by atoms with van der Waals surface area (Å²) in [5, 5.41) is 7.72. The number of hydrazone groups is 1. The van der Waals surface area contributed by atoms with Crippen molar-refractivity contribution in [2.24, 2.45) is 5.10 Å². The maximum atomic E-state index is 4.26. The summed E-state index contributed by atoms with van der Waals surface area (Å²) in [6.07, 6.45) is 4.05. The molecule has 0 saturated heterocycles. The van der Waals surface area contributed by atoms with Gasteiger partial charge in [0, 0.05) is 12.2 Å². The molecule has 0 spiro atoms. The lowest BCUT2D eigenvalue weighted by Gasteiger charge is -2.07. The van der Waals surface area contributed by atoms with Gasteiger partial charge in [0.15, 0.2) is 0 Å². The van der Waals surface area contributed by atoms with Gasteiger partial charge in [-0.2, -0.15) is 5.10 Å². The van der Waals surface area contributed by atoms with E-state index in [0.29, 0.717) is 0 Å². The number of nitrogens with zero attached hydrogens (tertiary/aromatic N) is 1. The van der Waals surface area contributed by atoms with Gasteiger partial charge in [0.25, 0.3) is 0 Å². The molecule has 3 nitrogen and oxygen atoms in total. The molecule has 0 aliphatic carbocycles. The minimum Gasteiger partial charge on any atom is -0.385 e. The van der Waals surface area contributed by atoms with Crippen molar-refractivity contribution >= 4 is 17.6 Å². The molecule has 126 valence electrons. The Hall–Kier alpha value is -3.07. The second kappa shape index (κ2) is 9.28. The Labute approximate surface area is 149 Å². The van der Waals surface area contributed by atoms with Crippen LogP contribution in [0.2, 0.25) is 0 Å². The number of benzene rings is 3. The zero-order valence-electron chi connectivity index (χ0n) is 14.2. The number of hydrogen-bond donors (Lipinski definition) is 2. The minimum absolute atomic E-state index is 0.970. The van der Waals surface area contributed by atoms with E-state index in [0.717, 1.165) is 36.3 Å². The monoisotopic (exact) mass is 329 g/mol. The number of para-hydroxylation sites is 1. The minimum atomic E-state index is 0.970. The Morgan fingerprint density at radius 1 is 0.720 bits per heavy atom. The lowest BCUT2D eigenvalue weighted by molar-refractivity contribution is 0.863. The van der Waals surface area contributed by atoms with Crippen molar-refractivity contribution in [3.63, 3.8) is 0 Å². The third-order valence-electron chi connectivity index (χ3n) is 3.91. The fourth-order valence-corrected chi connectivity index (χ4v) is 2.55. The van der Waals surface area contributed by atoms with Gasteiger partial charge in [0.2, 0.25) is 0 Å². The Bertz CT molecular complexity index is 765.